The highest BCUT2D eigenvalue weighted by atomic mass is 16.6. The molecule has 1 aliphatic heterocycles. The number of nitro groups is 1. The maximum absolute atomic E-state index is 10.4. The summed E-state index contributed by atoms with van der Waals surface area (Å²) in [5.41, 5.74) is 0.729. The lowest BCUT2D eigenvalue weighted by atomic mass is 10.2. The van der Waals surface area contributed by atoms with Crippen molar-refractivity contribution in [2.24, 2.45) is 0 Å². The van der Waals surface area contributed by atoms with Crippen molar-refractivity contribution in [3.05, 3.63) is 28.3 Å². The summed E-state index contributed by atoms with van der Waals surface area (Å²) in [7, 11) is 0. The van der Waals surface area contributed by atoms with E-state index in [1.807, 2.05) is 0 Å². The SMILES string of the molecule is O=[N+]([O-])c1ccc2c(c1)OCC[N]2. The van der Waals surface area contributed by atoms with Crippen LogP contribution in [-0.2, 0) is 0 Å². The highest BCUT2D eigenvalue weighted by Gasteiger charge is 2.15. The summed E-state index contributed by atoms with van der Waals surface area (Å²) < 4.78 is 5.22. The standard InChI is InChI=1S/C8H7N2O3/c11-10(12)6-1-2-7-8(5-6)13-4-3-9-7/h1-2,5H,3-4H2. The molecule has 0 aromatic heterocycles. The molecule has 0 bridgehead atoms. The van der Waals surface area contributed by atoms with Crippen molar-refractivity contribution in [1.29, 1.82) is 0 Å². The highest BCUT2D eigenvalue weighted by molar-refractivity contribution is 5.57. The van der Waals surface area contributed by atoms with Gasteiger partial charge < -0.3 is 4.74 Å². The Morgan fingerprint density at radius 3 is 3.15 bits per heavy atom. The van der Waals surface area contributed by atoms with E-state index in [0.29, 0.717) is 24.6 Å². The fraction of sp³-hybridized carbons (Fsp3) is 0.250. The van der Waals surface area contributed by atoms with Gasteiger partial charge in [-0.25, -0.2) is 0 Å². The minimum atomic E-state index is -0.446. The van der Waals surface area contributed by atoms with Crippen molar-refractivity contribution < 1.29 is 9.66 Å². The van der Waals surface area contributed by atoms with Gasteiger partial charge in [0.05, 0.1) is 17.5 Å². The zero-order valence-corrected chi connectivity index (χ0v) is 6.77. The van der Waals surface area contributed by atoms with Gasteiger partial charge in [-0.3, -0.25) is 15.4 Å². The molecule has 13 heavy (non-hydrogen) atoms. The minimum absolute atomic E-state index is 0.0378. The summed E-state index contributed by atoms with van der Waals surface area (Å²) in [5, 5.41) is 14.6. The molecule has 0 N–H and O–H groups in total. The number of rotatable bonds is 1. The van der Waals surface area contributed by atoms with Gasteiger partial charge in [-0.05, 0) is 6.07 Å². The maximum atomic E-state index is 10.4. The van der Waals surface area contributed by atoms with Gasteiger partial charge in [-0.15, -0.1) is 0 Å². The quantitative estimate of drug-likeness (QED) is 0.481. The molecule has 1 aliphatic rings. The number of nitrogens with zero attached hydrogens (tertiary/aromatic N) is 2. The van der Waals surface area contributed by atoms with Crippen LogP contribution < -0.4 is 10.1 Å². The molecular weight excluding hydrogens is 172 g/mol. The molecule has 0 amide bonds. The third-order valence-electron chi connectivity index (χ3n) is 1.79. The molecule has 67 valence electrons. The van der Waals surface area contributed by atoms with E-state index in [-0.39, 0.29) is 5.69 Å². The van der Waals surface area contributed by atoms with Crippen molar-refractivity contribution in [3.8, 4) is 5.75 Å². The molecule has 0 atom stereocenters. The third-order valence-corrected chi connectivity index (χ3v) is 1.79. The van der Waals surface area contributed by atoms with Crippen molar-refractivity contribution >= 4 is 11.4 Å². The number of ether oxygens (including phenoxy) is 1. The molecule has 5 nitrogen and oxygen atoms in total. The summed E-state index contributed by atoms with van der Waals surface area (Å²) >= 11 is 0. The summed E-state index contributed by atoms with van der Waals surface area (Å²) in [6.07, 6.45) is 0. The first kappa shape index (κ1) is 7.85. The molecule has 1 aromatic rings. The van der Waals surface area contributed by atoms with E-state index in [0.717, 1.165) is 0 Å². The zero-order valence-electron chi connectivity index (χ0n) is 6.77. The van der Waals surface area contributed by atoms with Crippen LogP contribution in [0.5, 0.6) is 5.75 Å². The van der Waals surface area contributed by atoms with Crippen molar-refractivity contribution in [3.63, 3.8) is 0 Å². The number of hydrogen-bond donors (Lipinski definition) is 0. The Bertz CT molecular complexity index is 351. The summed E-state index contributed by atoms with van der Waals surface area (Å²) in [6.45, 7) is 1.11. The molecule has 0 aliphatic carbocycles. The van der Waals surface area contributed by atoms with Crippen LogP contribution >= 0.6 is 0 Å². The number of hydrogen-bond acceptors (Lipinski definition) is 3. The van der Waals surface area contributed by atoms with Crippen LogP contribution in [-0.4, -0.2) is 18.1 Å². The van der Waals surface area contributed by atoms with Crippen LogP contribution in [0, 0.1) is 10.1 Å². The van der Waals surface area contributed by atoms with Crippen LogP contribution in [0.4, 0.5) is 11.4 Å². The lowest BCUT2D eigenvalue weighted by Crippen LogP contribution is -2.17. The number of fused-ring (bicyclic) bond motifs is 1. The Morgan fingerprint density at radius 2 is 2.38 bits per heavy atom. The number of nitro benzene ring substituents is 1. The van der Waals surface area contributed by atoms with Gasteiger partial charge >= 0.3 is 0 Å². The molecule has 5 heteroatoms. The first-order valence-electron chi connectivity index (χ1n) is 3.86. The van der Waals surface area contributed by atoms with Crippen molar-refractivity contribution in [1.82, 2.24) is 5.32 Å². The van der Waals surface area contributed by atoms with E-state index in [9.17, 15) is 10.1 Å². The van der Waals surface area contributed by atoms with Gasteiger partial charge in [0.1, 0.15) is 12.3 Å². The van der Waals surface area contributed by atoms with Gasteiger partial charge in [0, 0.05) is 6.07 Å². The molecule has 0 unspecified atom stereocenters. The zero-order chi connectivity index (χ0) is 9.26. The molecular formula is C8H7N2O3. The topological polar surface area (TPSA) is 66.5 Å². The Morgan fingerprint density at radius 1 is 1.54 bits per heavy atom. The Kier molecular flexibility index (Phi) is 1.77. The van der Waals surface area contributed by atoms with Crippen LogP contribution in [0.15, 0.2) is 18.2 Å². The smallest absolute Gasteiger partial charge is 0.273 e. The van der Waals surface area contributed by atoms with E-state index >= 15 is 0 Å². The average Bonchev–Trinajstić information content (AvgIpc) is 2.17. The molecule has 0 fully saturated rings. The first-order chi connectivity index (χ1) is 6.27. The summed E-state index contributed by atoms with van der Waals surface area (Å²) in [5.74, 6) is 0.500. The maximum Gasteiger partial charge on any atom is 0.273 e. The van der Waals surface area contributed by atoms with Crippen LogP contribution in [0.1, 0.15) is 0 Å². The lowest BCUT2D eigenvalue weighted by Gasteiger charge is -2.15. The second-order valence-electron chi connectivity index (χ2n) is 2.64. The molecule has 1 heterocycles. The molecule has 0 saturated carbocycles. The Balaban J connectivity index is 2.40. The van der Waals surface area contributed by atoms with Gasteiger partial charge in [0.25, 0.3) is 5.69 Å². The Labute approximate surface area is 74.5 Å². The predicted molar refractivity (Wildman–Crippen MR) is 45.3 cm³/mol. The van der Waals surface area contributed by atoms with E-state index in [1.54, 1.807) is 6.07 Å². The number of non-ortho nitro benzene ring substituents is 1. The molecule has 2 rings (SSSR count). The Hall–Kier alpha value is -1.78. The molecule has 0 saturated heterocycles. The third kappa shape index (κ3) is 1.40. The molecule has 1 aromatic carbocycles. The lowest BCUT2D eigenvalue weighted by molar-refractivity contribution is -0.384. The van der Waals surface area contributed by atoms with Crippen LogP contribution in [0.2, 0.25) is 0 Å². The van der Waals surface area contributed by atoms with Gasteiger partial charge in [0.15, 0.2) is 5.75 Å². The molecule has 1 radical (unpaired) electrons. The largest absolute Gasteiger partial charge is 0.489 e. The second kappa shape index (κ2) is 2.93. The minimum Gasteiger partial charge on any atom is -0.489 e. The monoisotopic (exact) mass is 179 g/mol. The normalized spacial score (nSPS) is 13.8. The predicted octanol–water partition coefficient (Wildman–Crippen LogP) is 1.22. The van der Waals surface area contributed by atoms with Gasteiger partial charge in [-0.1, -0.05) is 0 Å². The van der Waals surface area contributed by atoms with Crippen molar-refractivity contribution in [2.45, 2.75) is 0 Å². The van der Waals surface area contributed by atoms with E-state index in [2.05, 4.69) is 5.32 Å². The second-order valence-corrected chi connectivity index (χ2v) is 2.64. The first-order valence-corrected chi connectivity index (χ1v) is 3.86. The fourth-order valence-electron chi connectivity index (χ4n) is 1.18. The summed E-state index contributed by atoms with van der Waals surface area (Å²) in [6, 6.07) is 4.43. The van der Waals surface area contributed by atoms with Gasteiger partial charge in [-0.2, -0.15) is 0 Å². The van der Waals surface area contributed by atoms with Crippen LogP contribution in [0.3, 0.4) is 0 Å². The highest BCUT2D eigenvalue weighted by Crippen LogP contribution is 2.30. The van der Waals surface area contributed by atoms with E-state index < -0.39 is 4.92 Å². The van der Waals surface area contributed by atoms with Crippen LogP contribution in [0.25, 0.3) is 0 Å². The van der Waals surface area contributed by atoms with E-state index in [1.165, 1.54) is 12.1 Å². The summed E-state index contributed by atoms with van der Waals surface area (Å²) in [4.78, 5) is 9.96. The average molecular weight is 179 g/mol. The molecule has 0 spiro atoms. The van der Waals surface area contributed by atoms with Crippen molar-refractivity contribution in [2.75, 3.05) is 13.2 Å². The van der Waals surface area contributed by atoms with E-state index in [4.69, 9.17) is 4.74 Å². The number of benzene rings is 1. The fourth-order valence-corrected chi connectivity index (χ4v) is 1.18. The van der Waals surface area contributed by atoms with Gasteiger partial charge in [0.2, 0.25) is 0 Å².